The number of esters is 1. The van der Waals surface area contributed by atoms with Crippen LogP contribution in [0.25, 0.3) is 0 Å². The van der Waals surface area contributed by atoms with Gasteiger partial charge in [0.1, 0.15) is 17.1 Å². The Morgan fingerprint density at radius 1 is 1.04 bits per heavy atom. The molecular weight excluding hydrogens is 334 g/mol. The maximum atomic E-state index is 12.3. The van der Waals surface area contributed by atoms with Crippen molar-refractivity contribution < 1.29 is 23.8 Å². The summed E-state index contributed by atoms with van der Waals surface area (Å²) in [5, 5.41) is 2.78. The Morgan fingerprint density at radius 3 is 2.42 bits per heavy atom. The van der Waals surface area contributed by atoms with Crippen LogP contribution in [0.4, 0.5) is 5.69 Å². The number of benzene rings is 2. The number of hydrogen-bond donors (Lipinski definition) is 1. The summed E-state index contributed by atoms with van der Waals surface area (Å²) in [4.78, 5) is 24.4. The Balaban J connectivity index is 2.03. The highest BCUT2D eigenvalue weighted by Crippen LogP contribution is 2.25. The van der Waals surface area contributed by atoms with Crippen LogP contribution in [-0.2, 0) is 9.53 Å². The van der Waals surface area contributed by atoms with Crippen LogP contribution >= 0.6 is 0 Å². The molecule has 1 N–H and O–H groups in total. The third-order valence-electron chi connectivity index (χ3n) is 3.82. The van der Waals surface area contributed by atoms with Crippen molar-refractivity contribution in [3.63, 3.8) is 0 Å². The van der Waals surface area contributed by atoms with Gasteiger partial charge in [-0.05, 0) is 35.7 Å². The van der Waals surface area contributed by atoms with E-state index in [1.54, 1.807) is 12.1 Å². The van der Waals surface area contributed by atoms with Crippen LogP contribution in [0.1, 0.15) is 35.7 Å². The summed E-state index contributed by atoms with van der Waals surface area (Å²) in [6.07, 6.45) is 0. The Labute approximate surface area is 153 Å². The predicted octanol–water partition coefficient (Wildman–Crippen LogP) is 3.62. The fourth-order valence-corrected chi connectivity index (χ4v) is 2.48. The second kappa shape index (κ2) is 8.89. The Hall–Kier alpha value is -3.02. The number of para-hydroxylation sites is 1. The lowest BCUT2D eigenvalue weighted by atomic mass is 10.0. The van der Waals surface area contributed by atoms with E-state index in [0.717, 1.165) is 5.56 Å². The smallest absolute Gasteiger partial charge is 0.342 e. The third kappa shape index (κ3) is 4.75. The summed E-state index contributed by atoms with van der Waals surface area (Å²) in [5.74, 6) is 0.0332. The van der Waals surface area contributed by atoms with Crippen LogP contribution in [0.2, 0.25) is 0 Å². The normalized spacial score (nSPS) is 10.3. The minimum Gasteiger partial charge on any atom is -0.497 e. The largest absolute Gasteiger partial charge is 0.497 e. The lowest BCUT2D eigenvalue weighted by molar-refractivity contribution is -0.119. The van der Waals surface area contributed by atoms with Crippen LogP contribution in [0.3, 0.4) is 0 Å². The summed E-state index contributed by atoms with van der Waals surface area (Å²) in [7, 11) is 2.95. The lowest BCUT2D eigenvalue weighted by Gasteiger charge is -2.14. The fraction of sp³-hybridized carbons (Fsp3) is 0.300. The zero-order chi connectivity index (χ0) is 19.1. The maximum absolute atomic E-state index is 12.3. The molecule has 0 aliphatic heterocycles. The molecule has 26 heavy (non-hydrogen) atoms. The van der Waals surface area contributed by atoms with Crippen molar-refractivity contribution in [3.05, 3.63) is 53.6 Å². The van der Waals surface area contributed by atoms with Crippen molar-refractivity contribution in [2.75, 3.05) is 26.1 Å². The molecule has 0 heterocycles. The molecule has 138 valence electrons. The number of carbonyl (C=O) groups excluding carboxylic acids is 2. The molecule has 0 bridgehead atoms. The highest BCUT2D eigenvalue weighted by molar-refractivity contribution is 5.97. The Kier molecular flexibility index (Phi) is 6.60. The van der Waals surface area contributed by atoms with Gasteiger partial charge in [0, 0.05) is 5.69 Å². The van der Waals surface area contributed by atoms with Crippen LogP contribution < -0.4 is 14.8 Å². The summed E-state index contributed by atoms with van der Waals surface area (Å²) < 4.78 is 15.4. The van der Waals surface area contributed by atoms with Crippen molar-refractivity contribution in [1.82, 2.24) is 0 Å². The van der Waals surface area contributed by atoms with E-state index in [0.29, 0.717) is 17.2 Å². The standard InChI is InChI=1S/C20H23NO5/c1-13(2)15-7-5-6-8-17(15)21-19(22)12-26-20(23)16-11-14(24-3)9-10-18(16)25-4/h5-11,13H,12H2,1-4H3,(H,21,22). The number of nitrogens with one attached hydrogen (secondary N) is 1. The summed E-state index contributed by atoms with van der Waals surface area (Å²) >= 11 is 0. The van der Waals surface area contributed by atoms with Gasteiger partial charge in [-0.15, -0.1) is 0 Å². The van der Waals surface area contributed by atoms with Gasteiger partial charge in [-0.2, -0.15) is 0 Å². The minimum absolute atomic E-state index is 0.197. The monoisotopic (exact) mass is 357 g/mol. The van der Waals surface area contributed by atoms with Gasteiger partial charge < -0.3 is 19.5 Å². The van der Waals surface area contributed by atoms with Crippen LogP contribution in [0.15, 0.2) is 42.5 Å². The van der Waals surface area contributed by atoms with Crippen LogP contribution in [0, 0.1) is 0 Å². The van der Waals surface area contributed by atoms with Crippen molar-refractivity contribution in [1.29, 1.82) is 0 Å². The van der Waals surface area contributed by atoms with Gasteiger partial charge in [-0.1, -0.05) is 32.0 Å². The number of ether oxygens (including phenoxy) is 3. The van der Waals surface area contributed by atoms with E-state index in [9.17, 15) is 9.59 Å². The first kappa shape index (κ1) is 19.3. The van der Waals surface area contributed by atoms with Crippen LogP contribution in [-0.4, -0.2) is 32.7 Å². The molecule has 0 aromatic heterocycles. The molecule has 6 nitrogen and oxygen atoms in total. The molecule has 2 aromatic carbocycles. The summed E-state index contributed by atoms with van der Waals surface area (Å²) in [5.41, 5.74) is 1.92. The average molecular weight is 357 g/mol. The number of methoxy groups -OCH3 is 2. The lowest BCUT2D eigenvalue weighted by Crippen LogP contribution is -2.22. The molecule has 0 spiro atoms. The number of rotatable bonds is 7. The highest BCUT2D eigenvalue weighted by atomic mass is 16.5. The van der Waals surface area contributed by atoms with Gasteiger partial charge in [0.2, 0.25) is 0 Å². The van der Waals surface area contributed by atoms with Crippen LogP contribution in [0.5, 0.6) is 11.5 Å². The van der Waals surface area contributed by atoms with Gasteiger partial charge >= 0.3 is 5.97 Å². The summed E-state index contributed by atoms with van der Waals surface area (Å²) in [6, 6.07) is 12.3. The van der Waals surface area contributed by atoms with Crippen molar-refractivity contribution >= 4 is 17.6 Å². The quantitative estimate of drug-likeness (QED) is 0.766. The van der Waals surface area contributed by atoms with Crippen molar-refractivity contribution in [2.45, 2.75) is 19.8 Å². The van der Waals surface area contributed by atoms with Gasteiger partial charge in [-0.25, -0.2) is 4.79 Å². The van der Waals surface area contributed by atoms with E-state index in [1.807, 2.05) is 38.1 Å². The zero-order valence-corrected chi connectivity index (χ0v) is 15.4. The molecule has 0 atom stereocenters. The second-order valence-corrected chi connectivity index (χ2v) is 5.93. The van der Waals surface area contributed by atoms with Crippen molar-refractivity contribution in [2.24, 2.45) is 0 Å². The van der Waals surface area contributed by atoms with Crippen molar-refractivity contribution in [3.8, 4) is 11.5 Å². The van der Waals surface area contributed by atoms with Gasteiger partial charge in [-0.3, -0.25) is 4.79 Å². The second-order valence-electron chi connectivity index (χ2n) is 5.93. The Bertz CT molecular complexity index is 786. The molecule has 0 aliphatic rings. The van der Waals surface area contributed by atoms with E-state index >= 15 is 0 Å². The number of carbonyl (C=O) groups is 2. The first-order valence-corrected chi connectivity index (χ1v) is 8.24. The average Bonchev–Trinajstić information content (AvgIpc) is 2.65. The molecule has 2 aromatic rings. The molecule has 0 radical (unpaired) electrons. The molecule has 0 fully saturated rings. The molecular formula is C20H23NO5. The van der Waals surface area contributed by atoms with E-state index in [1.165, 1.54) is 20.3 Å². The SMILES string of the molecule is COc1ccc(OC)c(C(=O)OCC(=O)Nc2ccccc2C(C)C)c1. The zero-order valence-electron chi connectivity index (χ0n) is 15.4. The first-order valence-electron chi connectivity index (χ1n) is 8.24. The van der Waals surface area contributed by atoms with E-state index < -0.39 is 18.5 Å². The fourth-order valence-electron chi connectivity index (χ4n) is 2.48. The topological polar surface area (TPSA) is 73.9 Å². The van der Waals surface area contributed by atoms with Gasteiger partial charge in [0.25, 0.3) is 5.91 Å². The molecule has 0 saturated heterocycles. The van der Waals surface area contributed by atoms with Gasteiger partial charge in [0.15, 0.2) is 6.61 Å². The van der Waals surface area contributed by atoms with E-state index in [2.05, 4.69) is 5.32 Å². The highest BCUT2D eigenvalue weighted by Gasteiger charge is 2.17. The minimum atomic E-state index is -0.659. The molecule has 6 heteroatoms. The molecule has 0 aliphatic carbocycles. The van der Waals surface area contributed by atoms with E-state index in [4.69, 9.17) is 14.2 Å². The number of anilines is 1. The molecule has 1 amide bonds. The molecule has 2 rings (SSSR count). The third-order valence-corrected chi connectivity index (χ3v) is 3.82. The number of hydrogen-bond acceptors (Lipinski definition) is 5. The molecule has 0 saturated carbocycles. The van der Waals surface area contributed by atoms with Gasteiger partial charge in [0.05, 0.1) is 14.2 Å². The predicted molar refractivity (Wildman–Crippen MR) is 99.0 cm³/mol. The maximum Gasteiger partial charge on any atom is 0.342 e. The Morgan fingerprint density at radius 2 is 1.77 bits per heavy atom. The first-order chi connectivity index (χ1) is 12.5. The summed E-state index contributed by atoms with van der Waals surface area (Å²) in [6.45, 7) is 3.69. The van der Waals surface area contributed by atoms with E-state index in [-0.39, 0.29) is 11.5 Å². The molecule has 0 unspecified atom stereocenters. The number of amides is 1.